The minimum absolute atomic E-state index is 0.259. The molecule has 0 bridgehead atoms. The van der Waals surface area contributed by atoms with Crippen LogP contribution in [0.15, 0.2) is 60.7 Å². The number of nitrogens with zero attached hydrogens (tertiary/aromatic N) is 2. The first kappa shape index (κ1) is 14.6. The normalized spacial score (nSPS) is 15.5. The molecule has 4 heteroatoms. The number of amides is 1. The molecule has 1 aliphatic heterocycles. The Morgan fingerprint density at radius 1 is 0.864 bits per heavy atom. The van der Waals surface area contributed by atoms with Gasteiger partial charge in [-0.2, -0.15) is 0 Å². The van der Waals surface area contributed by atoms with E-state index in [1.807, 2.05) is 24.3 Å². The van der Waals surface area contributed by atoms with Gasteiger partial charge in [-0.25, -0.2) is 4.79 Å². The summed E-state index contributed by atoms with van der Waals surface area (Å²) in [6.07, 6.45) is -0.259. The lowest BCUT2D eigenvalue weighted by Gasteiger charge is -2.34. The maximum atomic E-state index is 12.1. The van der Waals surface area contributed by atoms with Crippen molar-refractivity contribution >= 4 is 6.09 Å². The molecule has 0 saturated carbocycles. The first-order chi connectivity index (χ1) is 10.8. The van der Waals surface area contributed by atoms with Gasteiger partial charge in [-0.05, 0) is 17.7 Å². The lowest BCUT2D eigenvalue weighted by molar-refractivity contribution is 0.108. The summed E-state index contributed by atoms with van der Waals surface area (Å²) >= 11 is 0. The molecule has 1 saturated heterocycles. The van der Waals surface area contributed by atoms with Gasteiger partial charge in [-0.15, -0.1) is 0 Å². The van der Waals surface area contributed by atoms with E-state index in [0.717, 1.165) is 19.6 Å². The fraction of sp³-hybridized carbons (Fsp3) is 0.278. The maximum absolute atomic E-state index is 12.1. The summed E-state index contributed by atoms with van der Waals surface area (Å²) in [7, 11) is 0. The third kappa shape index (κ3) is 3.86. The summed E-state index contributed by atoms with van der Waals surface area (Å²) < 4.78 is 5.38. The predicted octanol–water partition coefficient (Wildman–Crippen LogP) is 3.00. The van der Waals surface area contributed by atoms with E-state index in [1.165, 1.54) is 5.56 Å². The summed E-state index contributed by atoms with van der Waals surface area (Å²) in [6, 6.07) is 19.6. The van der Waals surface area contributed by atoms with E-state index in [2.05, 4.69) is 29.2 Å². The molecule has 1 aliphatic rings. The number of hydrogen-bond acceptors (Lipinski definition) is 3. The fourth-order valence-corrected chi connectivity index (χ4v) is 2.58. The van der Waals surface area contributed by atoms with Crippen molar-refractivity contribution in [2.75, 3.05) is 26.2 Å². The monoisotopic (exact) mass is 296 g/mol. The number of ether oxygens (including phenoxy) is 1. The molecule has 4 nitrogen and oxygen atoms in total. The SMILES string of the molecule is O=C(Oc1ccccc1)N1CCN(Cc2ccccc2)CC1. The van der Waals surface area contributed by atoms with Crippen LogP contribution >= 0.6 is 0 Å². The second-order valence-corrected chi connectivity index (χ2v) is 5.43. The summed E-state index contributed by atoms with van der Waals surface area (Å²) in [5.41, 5.74) is 1.31. The van der Waals surface area contributed by atoms with E-state index in [-0.39, 0.29) is 6.09 Å². The molecule has 0 unspecified atom stereocenters. The Morgan fingerprint density at radius 2 is 1.45 bits per heavy atom. The first-order valence-electron chi connectivity index (χ1n) is 7.59. The number of hydrogen-bond donors (Lipinski definition) is 0. The summed E-state index contributed by atoms with van der Waals surface area (Å²) in [4.78, 5) is 16.3. The first-order valence-corrected chi connectivity index (χ1v) is 7.59. The van der Waals surface area contributed by atoms with Gasteiger partial charge < -0.3 is 9.64 Å². The molecule has 22 heavy (non-hydrogen) atoms. The van der Waals surface area contributed by atoms with Crippen LogP contribution in [-0.4, -0.2) is 42.1 Å². The Labute approximate surface area is 130 Å². The molecule has 0 aromatic heterocycles. The number of para-hydroxylation sites is 1. The van der Waals surface area contributed by atoms with E-state index in [1.54, 1.807) is 17.0 Å². The average Bonchev–Trinajstić information content (AvgIpc) is 2.57. The van der Waals surface area contributed by atoms with Gasteiger partial charge in [0.1, 0.15) is 5.75 Å². The van der Waals surface area contributed by atoms with Crippen LogP contribution in [0.5, 0.6) is 5.75 Å². The van der Waals surface area contributed by atoms with Gasteiger partial charge in [0.25, 0.3) is 0 Å². The molecular weight excluding hydrogens is 276 g/mol. The largest absolute Gasteiger partial charge is 0.415 e. The summed E-state index contributed by atoms with van der Waals surface area (Å²) in [5, 5.41) is 0. The summed E-state index contributed by atoms with van der Waals surface area (Å²) in [6.45, 7) is 4.09. The third-order valence-corrected chi connectivity index (χ3v) is 3.83. The van der Waals surface area contributed by atoms with Crippen LogP contribution in [0.3, 0.4) is 0 Å². The van der Waals surface area contributed by atoms with Gasteiger partial charge in [0, 0.05) is 32.7 Å². The number of rotatable bonds is 3. The average molecular weight is 296 g/mol. The quantitative estimate of drug-likeness (QED) is 0.873. The van der Waals surface area contributed by atoms with E-state index in [9.17, 15) is 4.79 Å². The molecular formula is C18H20N2O2. The topological polar surface area (TPSA) is 32.8 Å². The van der Waals surface area contributed by atoms with Crippen LogP contribution in [0, 0.1) is 0 Å². The molecule has 114 valence electrons. The highest BCUT2D eigenvalue weighted by Crippen LogP contribution is 2.13. The van der Waals surface area contributed by atoms with E-state index >= 15 is 0 Å². The number of benzene rings is 2. The minimum Gasteiger partial charge on any atom is -0.410 e. The molecule has 1 amide bonds. The highest BCUT2D eigenvalue weighted by molar-refractivity contribution is 5.70. The highest BCUT2D eigenvalue weighted by Gasteiger charge is 2.22. The van der Waals surface area contributed by atoms with Gasteiger partial charge >= 0.3 is 6.09 Å². The second kappa shape index (κ2) is 7.09. The van der Waals surface area contributed by atoms with Gasteiger partial charge in [0.2, 0.25) is 0 Å². The van der Waals surface area contributed by atoms with Crippen molar-refractivity contribution in [1.29, 1.82) is 0 Å². The van der Waals surface area contributed by atoms with Crippen molar-refractivity contribution in [2.24, 2.45) is 0 Å². The third-order valence-electron chi connectivity index (χ3n) is 3.83. The van der Waals surface area contributed by atoms with Crippen LogP contribution in [0.4, 0.5) is 4.79 Å². The highest BCUT2D eigenvalue weighted by atomic mass is 16.6. The standard InChI is InChI=1S/C18H20N2O2/c21-18(22-17-9-5-2-6-10-17)20-13-11-19(12-14-20)15-16-7-3-1-4-8-16/h1-10H,11-15H2. The molecule has 1 heterocycles. The van der Waals surface area contributed by atoms with Gasteiger partial charge in [-0.3, -0.25) is 4.90 Å². The number of carbonyl (C=O) groups is 1. The molecule has 0 radical (unpaired) electrons. The Balaban J connectivity index is 1.48. The Bertz CT molecular complexity index is 593. The molecule has 2 aromatic carbocycles. The van der Waals surface area contributed by atoms with Crippen molar-refractivity contribution in [3.8, 4) is 5.75 Å². The van der Waals surface area contributed by atoms with Gasteiger partial charge in [0.15, 0.2) is 0 Å². The van der Waals surface area contributed by atoms with E-state index in [0.29, 0.717) is 18.8 Å². The van der Waals surface area contributed by atoms with Crippen LogP contribution < -0.4 is 4.74 Å². The van der Waals surface area contributed by atoms with Crippen molar-refractivity contribution in [3.63, 3.8) is 0 Å². The maximum Gasteiger partial charge on any atom is 0.415 e. The van der Waals surface area contributed by atoms with Crippen molar-refractivity contribution in [3.05, 3.63) is 66.2 Å². The van der Waals surface area contributed by atoms with Crippen LogP contribution in [-0.2, 0) is 6.54 Å². The zero-order valence-electron chi connectivity index (χ0n) is 12.5. The minimum atomic E-state index is -0.259. The molecule has 1 fully saturated rings. The molecule has 0 aliphatic carbocycles. The van der Waals surface area contributed by atoms with Crippen molar-refractivity contribution in [1.82, 2.24) is 9.80 Å². The van der Waals surface area contributed by atoms with E-state index < -0.39 is 0 Å². The van der Waals surface area contributed by atoms with Crippen LogP contribution in [0.2, 0.25) is 0 Å². The Morgan fingerprint density at radius 3 is 2.09 bits per heavy atom. The molecule has 0 atom stereocenters. The molecule has 3 rings (SSSR count). The van der Waals surface area contributed by atoms with Gasteiger partial charge in [-0.1, -0.05) is 48.5 Å². The van der Waals surface area contributed by atoms with Crippen molar-refractivity contribution < 1.29 is 9.53 Å². The smallest absolute Gasteiger partial charge is 0.410 e. The number of piperazine rings is 1. The molecule has 0 spiro atoms. The van der Waals surface area contributed by atoms with Crippen LogP contribution in [0.25, 0.3) is 0 Å². The lowest BCUT2D eigenvalue weighted by Crippen LogP contribution is -2.49. The predicted molar refractivity (Wildman–Crippen MR) is 85.8 cm³/mol. The number of carbonyl (C=O) groups excluding carboxylic acids is 1. The molecule has 2 aromatic rings. The summed E-state index contributed by atoms with van der Waals surface area (Å²) in [5.74, 6) is 0.596. The van der Waals surface area contributed by atoms with E-state index in [4.69, 9.17) is 4.74 Å². The van der Waals surface area contributed by atoms with Crippen LogP contribution in [0.1, 0.15) is 5.56 Å². The second-order valence-electron chi connectivity index (χ2n) is 5.43. The molecule has 0 N–H and O–H groups in total. The fourth-order valence-electron chi connectivity index (χ4n) is 2.58. The zero-order valence-corrected chi connectivity index (χ0v) is 12.5. The Kier molecular flexibility index (Phi) is 4.71. The van der Waals surface area contributed by atoms with Crippen molar-refractivity contribution in [2.45, 2.75) is 6.54 Å². The Hall–Kier alpha value is -2.33. The zero-order chi connectivity index (χ0) is 15.2. The lowest BCUT2D eigenvalue weighted by atomic mass is 10.2. The van der Waals surface area contributed by atoms with Gasteiger partial charge in [0.05, 0.1) is 0 Å².